The molecule has 0 unspecified atom stereocenters. The van der Waals surface area contributed by atoms with Gasteiger partial charge in [0, 0.05) is 21.2 Å². The summed E-state index contributed by atoms with van der Waals surface area (Å²) in [7, 11) is 0. The highest BCUT2D eigenvalue weighted by Gasteiger charge is 2.15. The monoisotopic (exact) mass is 468 g/mol. The lowest BCUT2D eigenvalue weighted by Crippen LogP contribution is -1.96. The van der Waals surface area contributed by atoms with E-state index >= 15 is 0 Å². The number of rotatable bonds is 6. The third-order valence-electron chi connectivity index (χ3n) is 6.07. The van der Waals surface area contributed by atoms with E-state index in [0.717, 1.165) is 22.7 Å². The van der Waals surface area contributed by atoms with Gasteiger partial charge in [-0.3, -0.25) is 0 Å². The number of benzene rings is 6. The Labute approximate surface area is 209 Å². The Kier molecular flexibility index (Phi) is 5.83. The SMILES string of the molecule is c1ccc(Nc2ccc3ccccc3c2Sc2c(Nc3ccccc3)ccc3ccccc23)cc1. The molecule has 35 heavy (non-hydrogen) atoms. The Morgan fingerprint density at radius 2 is 0.771 bits per heavy atom. The Morgan fingerprint density at radius 1 is 0.371 bits per heavy atom. The fourth-order valence-electron chi connectivity index (χ4n) is 4.36. The summed E-state index contributed by atoms with van der Waals surface area (Å²) in [4.78, 5) is 2.42. The van der Waals surface area contributed by atoms with Crippen molar-refractivity contribution in [2.75, 3.05) is 10.6 Å². The van der Waals surface area contributed by atoms with Crippen LogP contribution in [0.15, 0.2) is 143 Å². The summed E-state index contributed by atoms with van der Waals surface area (Å²) in [5, 5.41) is 12.2. The summed E-state index contributed by atoms with van der Waals surface area (Å²) in [6, 6.07) is 46.7. The van der Waals surface area contributed by atoms with E-state index in [1.165, 1.54) is 31.3 Å². The Hall–Kier alpha value is -4.21. The minimum Gasteiger partial charge on any atom is -0.355 e. The van der Waals surface area contributed by atoms with Crippen LogP contribution in [0.2, 0.25) is 0 Å². The van der Waals surface area contributed by atoms with Gasteiger partial charge in [-0.15, -0.1) is 0 Å². The van der Waals surface area contributed by atoms with Gasteiger partial charge in [0.1, 0.15) is 0 Å². The van der Waals surface area contributed by atoms with Gasteiger partial charge >= 0.3 is 0 Å². The Morgan fingerprint density at radius 3 is 1.23 bits per heavy atom. The maximum Gasteiger partial charge on any atom is 0.0532 e. The van der Waals surface area contributed by atoms with Crippen molar-refractivity contribution in [1.82, 2.24) is 0 Å². The van der Waals surface area contributed by atoms with Crippen LogP contribution in [0.1, 0.15) is 0 Å². The fraction of sp³-hybridized carbons (Fsp3) is 0. The van der Waals surface area contributed by atoms with Crippen LogP contribution in [0.25, 0.3) is 21.5 Å². The van der Waals surface area contributed by atoms with Crippen LogP contribution in [0.5, 0.6) is 0 Å². The molecule has 6 aromatic carbocycles. The highest BCUT2D eigenvalue weighted by Crippen LogP contribution is 2.46. The van der Waals surface area contributed by atoms with Crippen molar-refractivity contribution in [3.8, 4) is 0 Å². The highest BCUT2D eigenvalue weighted by atomic mass is 32.2. The van der Waals surface area contributed by atoms with Crippen molar-refractivity contribution < 1.29 is 0 Å². The second-order valence-corrected chi connectivity index (χ2v) is 9.43. The molecule has 2 N–H and O–H groups in total. The summed E-state index contributed by atoms with van der Waals surface area (Å²) in [5.74, 6) is 0. The van der Waals surface area contributed by atoms with Gasteiger partial charge in [0.25, 0.3) is 0 Å². The lowest BCUT2D eigenvalue weighted by Gasteiger charge is -2.19. The number of hydrogen-bond acceptors (Lipinski definition) is 3. The van der Waals surface area contributed by atoms with E-state index in [0.29, 0.717) is 0 Å². The molecule has 6 aromatic rings. The first kappa shape index (κ1) is 21.3. The molecule has 0 radical (unpaired) electrons. The van der Waals surface area contributed by atoms with Crippen LogP contribution >= 0.6 is 11.8 Å². The summed E-state index contributed by atoms with van der Waals surface area (Å²) in [5.41, 5.74) is 4.34. The largest absolute Gasteiger partial charge is 0.355 e. The molecule has 0 saturated carbocycles. The quantitative estimate of drug-likeness (QED) is 0.254. The highest BCUT2D eigenvalue weighted by molar-refractivity contribution is 8.00. The first-order chi connectivity index (χ1) is 17.3. The molecule has 6 rings (SSSR count). The molecular weight excluding hydrogens is 444 g/mol. The van der Waals surface area contributed by atoms with E-state index in [9.17, 15) is 0 Å². The van der Waals surface area contributed by atoms with Crippen LogP contribution < -0.4 is 10.6 Å². The molecule has 0 fully saturated rings. The molecule has 0 bridgehead atoms. The summed E-state index contributed by atoms with van der Waals surface area (Å²) in [6.07, 6.45) is 0. The van der Waals surface area contributed by atoms with E-state index in [-0.39, 0.29) is 0 Å². The normalized spacial score (nSPS) is 11.0. The van der Waals surface area contributed by atoms with Gasteiger partial charge in [-0.2, -0.15) is 0 Å². The van der Waals surface area contributed by atoms with E-state index in [1.54, 1.807) is 0 Å². The zero-order valence-electron chi connectivity index (χ0n) is 19.1. The number of para-hydroxylation sites is 2. The van der Waals surface area contributed by atoms with Crippen LogP contribution in [0, 0.1) is 0 Å². The van der Waals surface area contributed by atoms with Gasteiger partial charge in [-0.05, 0) is 57.9 Å². The van der Waals surface area contributed by atoms with E-state index in [1.807, 2.05) is 23.9 Å². The maximum atomic E-state index is 3.66. The lowest BCUT2D eigenvalue weighted by atomic mass is 10.1. The van der Waals surface area contributed by atoms with Gasteiger partial charge in [-0.25, -0.2) is 0 Å². The molecule has 0 aliphatic carbocycles. The molecule has 0 heterocycles. The topological polar surface area (TPSA) is 24.1 Å². The zero-order valence-corrected chi connectivity index (χ0v) is 19.9. The molecule has 0 spiro atoms. The summed E-state index contributed by atoms with van der Waals surface area (Å²) in [6.45, 7) is 0. The zero-order chi connectivity index (χ0) is 23.5. The number of fused-ring (bicyclic) bond motifs is 2. The smallest absolute Gasteiger partial charge is 0.0532 e. The predicted molar refractivity (Wildman–Crippen MR) is 151 cm³/mol. The molecule has 0 amide bonds. The van der Waals surface area contributed by atoms with Gasteiger partial charge in [0.15, 0.2) is 0 Å². The number of anilines is 4. The Balaban J connectivity index is 1.52. The Bertz CT molecular complexity index is 1490. The van der Waals surface area contributed by atoms with Crippen LogP contribution in [0.3, 0.4) is 0 Å². The molecule has 0 aromatic heterocycles. The molecule has 0 atom stereocenters. The second kappa shape index (κ2) is 9.57. The molecule has 3 heteroatoms. The van der Waals surface area contributed by atoms with Crippen LogP contribution in [-0.4, -0.2) is 0 Å². The second-order valence-electron chi connectivity index (χ2n) is 8.41. The van der Waals surface area contributed by atoms with Gasteiger partial charge in [0.05, 0.1) is 11.4 Å². The molecule has 168 valence electrons. The maximum absolute atomic E-state index is 3.66. The molecule has 0 saturated heterocycles. The van der Waals surface area contributed by atoms with E-state index in [2.05, 4.69) is 132 Å². The molecule has 0 aliphatic rings. The summed E-state index contributed by atoms with van der Waals surface area (Å²) >= 11 is 1.81. The van der Waals surface area contributed by atoms with Crippen molar-refractivity contribution >= 4 is 56.1 Å². The van der Waals surface area contributed by atoms with Crippen molar-refractivity contribution in [2.45, 2.75) is 9.79 Å². The van der Waals surface area contributed by atoms with Gasteiger partial charge < -0.3 is 10.6 Å². The molecule has 2 nitrogen and oxygen atoms in total. The third-order valence-corrected chi connectivity index (χ3v) is 7.36. The minimum absolute atomic E-state index is 1.07. The average molecular weight is 469 g/mol. The van der Waals surface area contributed by atoms with Crippen molar-refractivity contribution in [1.29, 1.82) is 0 Å². The van der Waals surface area contributed by atoms with Crippen molar-refractivity contribution in [3.63, 3.8) is 0 Å². The molecular formula is C32H24N2S. The van der Waals surface area contributed by atoms with E-state index in [4.69, 9.17) is 0 Å². The first-order valence-corrected chi connectivity index (χ1v) is 12.5. The predicted octanol–water partition coefficient (Wildman–Crippen LogP) is 9.63. The fourth-order valence-corrected chi connectivity index (χ4v) is 5.61. The average Bonchev–Trinajstić information content (AvgIpc) is 2.92. The van der Waals surface area contributed by atoms with Crippen LogP contribution in [-0.2, 0) is 0 Å². The first-order valence-electron chi connectivity index (χ1n) is 11.7. The summed E-state index contributed by atoms with van der Waals surface area (Å²) < 4.78 is 0. The standard InChI is InChI=1S/C32H24N2S/c1-3-13-25(14-4-1)33-29-21-19-23-11-7-9-17-27(23)31(29)35-32-28-18-10-8-12-24(28)20-22-30(32)34-26-15-5-2-6-16-26/h1-22,33-34H. The van der Waals surface area contributed by atoms with E-state index < -0.39 is 0 Å². The number of hydrogen-bond donors (Lipinski definition) is 2. The number of nitrogens with one attached hydrogen (secondary N) is 2. The van der Waals surface area contributed by atoms with Crippen molar-refractivity contribution in [3.05, 3.63) is 133 Å². The van der Waals surface area contributed by atoms with Gasteiger partial charge in [0.2, 0.25) is 0 Å². The lowest BCUT2D eigenvalue weighted by molar-refractivity contribution is 1.43. The van der Waals surface area contributed by atoms with Crippen molar-refractivity contribution in [2.24, 2.45) is 0 Å². The molecule has 0 aliphatic heterocycles. The third kappa shape index (κ3) is 4.46. The minimum atomic E-state index is 1.07. The van der Waals surface area contributed by atoms with Crippen LogP contribution in [0.4, 0.5) is 22.7 Å². The van der Waals surface area contributed by atoms with Gasteiger partial charge in [-0.1, -0.05) is 109 Å².